The van der Waals surface area contributed by atoms with E-state index in [2.05, 4.69) is 22.5 Å². The van der Waals surface area contributed by atoms with Crippen molar-refractivity contribution in [1.29, 1.82) is 0 Å². The maximum absolute atomic E-state index is 12.3. The molecule has 24 heavy (non-hydrogen) atoms. The van der Waals surface area contributed by atoms with Gasteiger partial charge in [-0.05, 0) is 36.2 Å². The van der Waals surface area contributed by atoms with Crippen molar-refractivity contribution in [1.82, 2.24) is 10.3 Å². The molecule has 1 heterocycles. The van der Waals surface area contributed by atoms with Crippen LogP contribution in [0.4, 0.5) is 5.82 Å². The van der Waals surface area contributed by atoms with Gasteiger partial charge < -0.3 is 20.1 Å². The Morgan fingerprint density at radius 3 is 2.62 bits per heavy atom. The van der Waals surface area contributed by atoms with Gasteiger partial charge in [0.05, 0.1) is 14.2 Å². The highest BCUT2D eigenvalue weighted by Gasteiger charge is 2.09. The van der Waals surface area contributed by atoms with Crippen LogP contribution in [0.3, 0.4) is 0 Å². The zero-order valence-corrected chi connectivity index (χ0v) is 14.3. The quantitative estimate of drug-likeness (QED) is 0.779. The number of hydrogen-bond donors (Lipinski definition) is 2. The molecule has 0 saturated carbocycles. The molecule has 1 aromatic carbocycles. The van der Waals surface area contributed by atoms with Gasteiger partial charge in [0.25, 0.3) is 5.91 Å². The fourth-order valence-electron chi connectivity index (χ4n) is 2.20. The average Bonchev–Trinajstić information content (AvgIpc) is 2.64. The fraction of sp³-hybridized carbons (Fsp3) is 0.333. The normalized spacial score (nSPS) is 10.1. The van der Waals surface area contributed by atoms with Crippen molar-refractivity contribution in [3.8, 4) is 11.5 Å². The van der Waals surface area contributed by atoms with Crippen LogP contribution in [0.5, 0.6) is 11.5 Å². The lowest BCUT2D eigenvalue weighted by Gasteiger charge is -2.11. The SMILES string of the molecule is CCCNc1cc(C(=O)NCc2ccc(OC)c(OC)c2)ccn1. The van der Waals surface area contributed by atoms with Gasteiger partial charge in [-0.25, -0.2) is 4.98 Å². The van der Waals surface area contributed by atoms with Crippen LogP contribution < -0.4 is 20.1 Å². The summed E-state index contributed by atoms with van der Waals surface area (Å²) in [6, 6.07) is 9.00. The molecule has 0 aliphatic heterocycles. The van der Waals surface area contributed by atoms with Crippen LogP contribution in [0.1, 0.15) is 29.3 Å². The molecule has 0 saturated heterocycles. The molecule has 1 amide bonds. The number of aromatic nitrogens is 1. The van der Waals surface area contributed by atoms with E-state index in [-0.39, 0.29) is 5.91 Å². The lowest BCUT2D eigenvalue weighted by Crippen LogP contribution is -2.23. The van der Waals surface area contributed by atoms with E-state index in [9.17, 15) is 4.79 Å². The van der Waals surface area contributed by atoms with Gasteiger partial charge in [-0.2, -0.15) is 0 Å². The lowest BCUT2D eigenvalue weighted by molar-refractivity contribution is 0.0951. The maximum Gasteiger partial charge on any atom is 0.251 e. The van der Waals surface area contributed by atoms with E-state index in [1.165, 1.54) is 0 Å². The molecule has 128 valence electrons. The first-order chi connectivity index (χ1) is 11.7. The molecule has 0 aliphatic carbocycles. The summed E-state index contributed by atoms with van der Waals surface area (Å²) >= 11 is 0. The molecular formula is C18H23N3O3. The van der Waals surface area contributed by atoms with Crippen LogP contribution >= 0.6 is 0 Å². The monoisotopic (exact) mass is 329 g/mol. The number of benzene rings is 1. The van der Waals surface area contributed by atoms with Gasteiger partial charge in [0.15, 0.2) is 11.5 Å². The highest BCUT2D eigenvalue weighted by molar-refractivity contribution is 5.94. The van der Waals surface area contributed by atoms with Crippen molar-refractivity contribution >= 4 is 11.7 Å². The molecule has 6 heteroatoms. The van der Waals surface area contributed by atoms with Crippen LogP contribution in [-0.2, 0) is 6.54 Å². The minimum Gasteiger partial charge on any atom is -0.493 e. The standard InChI is InChI=1S/C18H23N3O3/c1-4-8-19-17-11-14(7-9-20-17)18(22)21-12-13-5-6-15(23-2)16(10-13)24-3/h5-7,9-11H,4,8,12H2,1-3H3,(H,19,20)(H,21,22). The van der Waals surface area contributed by atoms with Crippen molar-refractivity contribution in [2.24, 2.45) is 0 Å². The summed E-state index contributed by atoms with van der Waals surface area (Å²) in [6.45, 7) is 3.30. The van der Waals surface area contributed by atoms with Crippen molar-refractivity contribution in [2.75, 3.05) is 26.1 Å². The molecule has 0 atom stereocenters. The summed E-state index contributed by atoms with van der Waals surface area (Å²) in [7, 11) is 3.18. The molecule has 2 rings (SSSR count). The van der Waals surface area contributed by atoms with Crippen LogP contribution in [-0.4, -0.2) is 31.7 Å². The van der Waals surface area contributed by atoms with E-state index in [1.54, 1.807) is 32.5 Å². The summed E-state index contributed by atoms with van der Waals surface area (Å²) in [6.07, 6.45) is 2.63. The van der Waals surface area contributed by atoms with E-state index in [0.29, 0.717) is 29.4 Å². The van der Waals surface area contributed by atoms with E-state index in [1.807, 2.05) is 18.2 Å². The Hall–Kier alpha value is -2.76. The third kappa shape index (κ3) is 4.62. The Labute approximate surface area is 142 Å². The second-order valence-electron chi connectivity index (χ2n) is 5.23. The minimum atomic E-state index is -0.147. The summed E-state index contributed by atoms with van der Waals surface area (Å²) < 4.78 is 10.5. The number of pyridine rings is 1. The Morgan fingerprint density at radius 2 is 1.92 bits per heavy atom. The Balaban J connectivity index is 2.00. The number of ether oxygens (including phenoxy) is 2. The second kappa shape index (κ2) is 8.76. The number of methoxy groups -OCH3 is 2. The maximum atomic E-state index is 12.3. The predicted molar refractivity (Wildman–Crippen MR) is 93.7 cm³/mol. The molecule has 0 unspecified atom stereocenters. The van der Waals surface area contributed by atoms with E-state index >= 15 is 0 Å². The molecule has 1 aromatic heterocycles. The van der Waals surface area contributed by atoms with Crippen LogP contribution in [0.25, 0.3) is 0 Å². The second-order valence-corrected chi connectivity index (χ2v) is 5.23. The molecule has 2 aromatic rings. The molecular weight excluding hydrogens is 306 g/mol. The largest absolute Gasteiger partial charge is 0.493 e. The van der Waals surface area contributed by atoms with Crippen LogP contribution in [0.15, 0.2) is 36.5 Å². The van der Waals surface area contributed by atoms with Crippen molar-refractivity contribution < 1.29 is 14.3 Å². The predicted octanol–water partition coefficient (Wildman–Crippen LogP) is 2.85. The summed E-state index contributed by atoms with van der Waals surface area (Å²) in [5, 5.41) is 6.07. The van der Waals surface area contributed by atoms with Gasteiger partial charge in [-0.3, -0.25) is 4.79 Å². The molecule has 0 bridgehead atoms. The third-order valence-electron chi connectivity index (χ3n) is 3.48. The smallest absolute Gasteiger partial charge is 0.251 e. The van der Waals surface area contributed by atoms with Crippen molar-refractivity contribution in [3.63, 3.8) is 0 Å². The number of rotatable bonds is 8. The first kappa shape index (κ1) is 17.6. The summed E-state index contributed by atoms with van der Waals surface area (Å²) in [4.78, 5) is 16.5. The van der Waals surface area contributed by atoms with Gasteiger partial charge in [-0.15, -0.1) is 0 Å². The fourth-order valence-corrected chi connectivity index (χ4v) is 2.20. The number of nitrogens with one attached hydrogen (secondary N) is 2. The molecule has 6 nitrogen and oxygen atoms in total. The van der Waals surface area contributed by atoms with E-state index < -0.39 is 0 Å². The molecule has 0 fully saturated rings. The first-order valence-corrected chi connectivity index (χ1v) is 7.87. The lowest BCUT2D eigenvalue weighted by atomic mass is 10.2. The topological polar surface area (TPSA) is 72.5 Å². The molecule has 0 radical (unpaired) electrons. The number of anilines is 1. The van der Waals surface area contributed by atoms with E-state index in [0.717, 1.165) is 18.5 Å². The molecule has 0 aliphatic rings. The Morgan fingerprint density at radius 1 is 1.12 bits per heavy atom. The van der Waals surface area contributed by atoms with Gasteiger partial charge in [-0.1, -0.05) is 13.0 Å². The van der Waals surface area contributed by atoms with Crippen LogP contribution in [0.2, 0.25) is 0 Å². The average molecular weight is 329 g/mol. The Bertz CT molecular complexity index is 689. The number of amides is 1. The highest BCUT2D eigenvalue weighted by Crippen LogP contribution is 2.27. The third-order valence-corrected chi connectivity index (χ3v) is 3.48. The van der Waals surface area contributed by atoms with Gasteiger partial charge >= 0.3 is 0 Å². The number of nitrogens with zero attached hydrogens (tertiary/aromatic N) is 1. The van der Waals surface area contributed by atoms with Gasteiger partial charge in [0.1, 0.15) is 5.82 Å². The zero-order valence-electron chi connectivity index (χ0n) is 14.3. The number of carbonyl (C=O) groups excluding carboxylic acids is 1. The molecule has 2 N–H and O–H groups in total. The zero-order chi connectivity index (χ0) is 17.4. The minimum absolute atomic E-state index is 0.147. The number of carbonyl (C=O) groups is 1. The van der Waals surface area contributed by atoms with Crippen molar-refractivity contribution in [2.45, 2.75) is 19.9 Å². The van der Waals surface area contributed by atoms with Crippen molar-refractivity contribution in [3.05, 3.63) is 47.7 Å². The summed E-state index contributed by atoms with van der Waals surface area (Å²) in [5.74, 6) is 1.86. The molecule has 0 spiro atoms. The van der Waals surface area contributed by atoms with Crippen LogP contribution in [0, 0.1) is 0 Å². The van der Waals surface area contributed by atoms with Gasteiger partial charge in [0.2, 0.25) is 0 Å². The number of hydrogen-bond acceptors (Lipinski definition) is 5. The Kier molecular flexibility index (Phi) is 6.42. The highest BCUT2D eigenvalue weighted by atomic mass is 16.5. The van der Waals surface area contributed by atoms with Gasteiger partial charge in [0, 0.05) is 24.8 Å². The first-order valence-electron chi connectivity index (χ1n) is 7.87. The van der Waals surface area contributed by atoms with E-state index in [4.69, 9.17) is 9.47 Å². The summed E-state index contributed by atoms with van der Waals surface area (Å²) in [5.41, 5.74) is 1.50.